The number of fused-ring (bicyclic) bond motifs is 1. The molecule has 0 saturated heterocycles. The van der Waals surface area contributed by atoms with Gasteiger partial charge in [0.05, 0.1) is 0 Å². The van der Waals surface area contributed by atoms with Crippen LogP contribution in [0, 0.1) is 0 Å². The van der Waals surface area contributed by atoms with Crippen molar-refractivity contribution in [2.75, 3.05) is 0 Å². The number of nitrogens with zero attached hydrogens (tertiary/aromatic N) is 1. The number of ether oxygens (including phenoxy) is 1. The highest BCUT2D eigenvalue weighted by Crippen LogP contribution is 2.30. The molecule has 4 heteroatoms. The Bertz CT molecular complexity index is 745. The molecule has 0 radical (unpaired) electrons. The molecule has 19 heavy (non-hydrogen) atoms. The van der Waals surface area contributed by atoms with Gasteiger partial charge in [-0.2, -0.15) is 0 Å². The van der Waals surface area contributed by atoms with Crippen molar-refractivity contribution >= 4 is 38.3 Å². The summed E-state index contributed by atoms with van der Waals surface area (Å²) in [6.45, 7) is 0. The van der Waals surface area contributed by atoms with Crippen molar-refractivity contribution < 1.29 is 4.74 Å². The van der Waals surface area contributed by atoms with Gasteiger partial charge in [-0.3, -0.25) is 4.98 Å². The summed E-state index contributed by atoms with van der Waals surface area (Å²) in [6, 6.07) is 13.8. The summed E-state index contributed by atoms with van der Waals surface area (Å²) in [5.41, 5.74) is 0. The minimum absolute atomic E-state index is 0.499. The van der Waals surface area contributed by atoms with Crippen LogP contribution in [-0.2, 0) is 0 Å². The van der Waals surface area contributed by atoms with Gasteiger partial charge in [0, 0.05) is 22.9 Å². The quantitative estimate of drug-likeness (QED) is 0.622. The maximum Gasteiger partial charge on any atom is 0.149 e. The fourth-order valence-electron chi connectivity index (χ4n) is 1.83. The number of aromatic nitrogens is 1. The molecule has 0 atom stereocenters. The minimum Gasteiger partial charge on any atom is -0.456 e. The number of hydrogen-bond donors (Lipinski definition) is 0. The van der Waals surface area contributed by atoms with Gasteiger partial charge >= 0.3 is 0 Å². The molecule has 0 amide bonds. The lowest BCUT2D eigenvalue weighted by molar-refractivity contribution is 0.483. The fourth-order valence-corrected chi connectivity index (χ4v) is 2.37. The van der Waals surface area contributed by atoms with E-state index in [4.69, 9.17) is 16.3 Å². The zero-order valence-electron chi connectivity index (χ0n) is 9.81. The molecule has 0 unspecified atom stereocenters. The second-order valence-corrected chi connectivity index (χ2v) is 5.38. The minimum atomic E-state index is 0.499. The molecule has 3 aromatic rings. The summed E-state index contributed by atoms with van der Waals surface area (Å²) in [7, 11) is 0. The molecule has 0 aliphatic carbocycles. The van der Waals surface area contributed by atoms with Crippen molar-refractivity contribution in [1.29, 1.82) is 0 Å². The van der Waals surface area contributed by atoms with Crippen molar-refractivity contribution in [2.24, 2.45) is 0 Å². The van der Waals surface area contributed by atoms with Crippen LogP contribution in [0.5, 0.6) is 11.5 Å². The first kappa shape index (κ1) is 12.5. The van der Waals surface area contributed by atoms with Crippen molar-refractivity contribution in [3.63, 3.8) is 0 Å². The highest BCUT2D eigenvalue weighted by atomic mass is 79.9. The lowest BCUT2D eigenvalue weighted by atomic mass is 10.1. The predicted molar refractivity (Wildman–Crippen MR) is 81.0 cm³/mol. The summed E-state index contributed by atoms with van der Waals surface area (Å²) in [5.74, 6) is 1.36. The molecule has 0 N–H and O–H groups in total. The van der Waals surface area contributed by atoms with Crippen molar-refractivity contribution in [3.05, 3.63) is 64.4 Å². The molecule has 0 saturated carbocycles. The Hall–Kier alpha value is -1.58. The molecule has 1 aromatic heterocycles. The maximum atomic E-state index is 6.02. The number of rotatable bonds is 2. The van der Waals surface area contributed by atoms with Gasteiger partial charge in [-0.1, -0.05) is 39.7 Å². The first-order valence-corrected chi connectivity index (χ1v) is 6.86. The highest BCUT2D eigenvalue weighted by molar-refractivity contribution is 9.10. The van der Waals surface area contributed by atoms with Crippen LogP contribution in [0.1, 0.15) is 0 Å². The van der Waals surface area contributed by atoms with Crippen LogP contribution in [0.2, 0.25) is 5.02 Å². The number of pyridine rings is 1. The zero-order chi connectivity index (χ0) is 13.2. The number of hydrogen-bond acceptors (Lipinski definition) is 2. The van der Waals surface area contributed by atoms with Gasteiger partial charge in [-0.25, -0.2) is 0 Å². The van der Waals surface area contributed by atoms with Crippen LogP contribution < -0.4 is 4.74 Å². The Morgan fingerprint density at radius 2 is 1.79 bits per heavy atom. The van der Waals surface area contributed by atoms with Gasteiger partial charge in [0.25, 0.3) is 0 Å². The molecule has 0 fully saturated rings. The van der Waals surface area contributed by atoms with Gasteiger partial charge in [0.2, 0.25) is 0 Å². The van der Waals surface area contributed by atoms with E-state index in [1.807, 2.05) is 30.3 Å². The smallest absolute Gasteiger partial charge is 0.149 e. The normalized spacial score (nSPS) is 10.6. The Kier molecular flexibility index (Phi) is 3.40. The summed E-state index contributed by atoms with van der Waals surface area (Å²) < 4.78 is 6.82. The summed E-state index contributed by atoms with van der Waals surface area (Å²) in [5, 5.41) is 2.77. The van der Waals surface area contributed by atoms with E-state index in [-0.39, 0.29) is 0 Å². The van der Waals surface area contributed by atoms with Crippen molar-refractivity contribution in [2.45, 2.75) is 0 Å². The number of halogens is 2. The van der Waals surface area contributed by atoms with Gasteiger partial charge in [-0.15, -0.1) is 0 Å². The average molecular weight is 335 g/mol. The van der Waals surface area contributed by atoms with E-state index < -0.39 is 0 Å². The SMILES string of the molecule is Clc1cnccc1Oc1ccc2cc(Br)ccc2c1. The Labute approximate surface area is 124 Å². The predicted octanol–water partition coefficient (Wildman–Crippen LogP) is 5.44. The molecule has 0 aliphatic rings. The Morgan fingerprint density at radius 3 is 2.63 bits per heavy atom. The van der Waals surface area contributed by atoms with Crippen LogP contribution in [0.25, 0.3) is 10.8 Å². The Balaban J connectivity index is 1.98. The standard InChI is InChI=1S/C15H9BrClNO/c16-12-3-1-11-8-13(4-2-10(11)7-12)19-15-5-6-18-9-14(15)17/h1-9H. The van der Waals surface area contributed by atoms with E-state index in [2.05, 4.69) is 27.0 Å². The van der Waals surface area contributed by atoms with Crippen LogP contribution in [0.15, 0.2) is 59.3 Å². The molecule has 0 spiro atoms. The fraction of sp³-hybridized carbons (Fsp3) is 0. The lowest BCUT2D eigenvalue weighted by Crippen LogP contribution is -1.86. The first-order valence-electron chi connectivity index (χ1n) is 5.69. The van der Waals surface area contributed by atoms with E-state index in [1.165, 1.54) is 0 Å². The van der Waals surface area contributed by atoms with E-state index in [0.29, 0.717) is 10.8 Å². The molecular weight excluding hydrogens is 326 g/mol. The third kappa shape index (κ3) is 2.72. The van der Waals surface area contributed by atoms with E-state index in [0.717, 1.165) is 21.0 Å². The summed E-state index contributed by atoms with van der Waals surface area (Å²) >= 11 is 9.48. The topological polar surface area (TPSA) is 22.1 Å². The summed E-state index contributed by atoms with van der Waals surface area (Å²) in [4.78, 5) is 3.93. The molecular formula is C15H9BrClNO. The van der Waals surface area contributed by atoms with Crippen molar-refractivity contribution in [3.8, 4) is 11.5 Å². The van der Waals surface area contributed by atoms with Gasteiger partial charge in [-0.05, 0) is 35.0 Å². The van der Waals surface area contributed by atoms with Crippen LogP contribution in [0.4, 0.5) is 0 Å². The van der Waals surface area contributed by atoms with Gasteiger partial charge in [0.15, 0.2) is 0 Å². The molecule has 0 bridgehead atoms. The highest BCUT2D eigenvalue weighted by Gasteiger charge is 2.03. The van der Waals surface area contributed by atoms with Gasteiger partial charge < -0.3 is 4.74 Å². The molecule has 0 aliphatic heterocycles. The van der Waals surface area contributed by atoms with E-state index in [1.54, 1.807) is 18.5 Å². The third-order valence-electron chi connectivity index (χ3n) is 2.74. The van der Waals surface area contributed by atoms with E-state index in [9.17, 15) is 0 Å². The maximum absolute atomic E-state index is 6.02. The van der Waals surface area contributed by atoms with Crippen molar-refractivity contribution in [1.82, 2.24) is 4.98 Å². The Morgan fingerprint density at radius 1 is 1.00 bits per heavy atom. The van der Waals surface area contributed by atoms with Crippen LogP contribution >= 0.6 is 27.5 Å². The lowest BCUT2D eigenvalue weighted by Gasteiger charge is -2.08. The zero-order valence-corrected chi connectivity index (χ0v) is 12.1. The molecule has 94 valence electrons. The molecule has 1 heterocycles. The molecule has 3 rings (SSSR count). The monoisotopic (exact) mass is 333 g/mol. The van der Waals surface area contributed by atoms with E-state index >= 15 is 0 Å². The summed E-state index contributed by atoms with van der Waals surface area (Å²) in [6.07, 6.45) is 3.22. The number of benzene rings is 2. The largest absolute Gasteiger partial charge is 0.456 e. The second-order valence-electron chi connectivity index (χ2n) is 4.06. The molecule has 2 nitrogen and oxygen atoms in total. The van der Waals surface area contributed by atoms with Gasteiger partial charge in [0.1, 0.15) is 16.5 Å². The third-order valence-corrected chi connectivity index (χ3v) is 3.51. The second kappa shape index (κ2) is 5.19. The average Bonchev–Trinajstić information content (AvgIpc) is 2.41. The molecule has 2 aromatic carbocycles. The van der Waals surface area contributed by atoms with Crippen LogP contribution in [-0.4, -0.2) is 4.98 Å². The first-order chi connectivity index (χ1) is 9.22. The van der Waals surface area contributed by atoms with Crippen LogP contribution in [0.3, 0.4) is 0 Å².